The molecule has 4 saturated carbocycles. The van der Waals surface area contributed by atoms with Crippen LogP contribution in [0.3, 0.4) is 0 Å². The minimum Gasteiger partial charge on any atom is -0.305 e. The van der Waals surface area contributed by atoms with E-state index in [0.717, 1.165) is 0 Å². The van der Waals surface area contributed by atoms with Crippen LogP contribution in [0.1, 0.15) is 64.2 Å². The van der Waals surface area contributed by atoms with Crippen LogP contribution in [-0.2, 0) is 0 Å². The van der Waals surface area contributed by atoms with E-state index in [1.807, 2.05) is 0 Å². The highest BCUT2D eigenvalue weighted by molar-refractivity contribution is 5.48. The predicted molar refractivity (Wildman–Crippen MR) is 91.6 cm³/mol. The third kappa shape index (κ3) is 1.81. The average molecular weight is 293 g/mol. The van der Waals surface area contributed by atoms with Crippen molar-refractivity contribution in [1.82, 2.24) is 5.32 Å². The summed E-state index contributed by atoms with van der Waals surface area (Å²) in [4.78, 5) is 0. The van der Waals surface area contributed by atoms with Gasteiger partial charge in [-0.1, -0.05) is 55.7 Å². The molecule has 1 N–H and O–H groups in total. The summed E-state index contributed by atoms with van der Waals surface area (Å²) in [6.07, 6.45) is 27.6. The number of hydrogen-bond acceptors (Lipinski definition) is 1. The first-order chi connectivity index (χ1) is 10.7. The van der Waals surface area contributed by atoms with E-state index in [0.29, 0.717) is 16.5 Å². The summed E-state index contributed by atoms with van der Waals surface area (Å²) >= 11 is 0. The molecule has 2 heterocycles. The Bertz CT molecular complexity index is 604. The quantitative estimate of drug-likeness (QED) is 0.664. The van der Waals surface area contributed by atoms with Crippen LogP contribution in [0.5, 0.6) is 0 Å². The molecular weight excluding hydrogens is 266 g/mol. The van der Waals surface area contributed by atoms with Crippen LogP contribution in [0, 0.1) is 5.41 Å². The highest BCUT2D eigenvalue weighted by Crippen LogP contribution is 2.66. The van der Waals surface area contributed by atoms with Crippen LogP contribution in [0.4, 0.5) is 0 Å². The van der Waals surface area contributed by atoms with Gasteiger partial charge in [-0.3, -0.25) is 0 Å². The Morgan fingerprint density at radius 2 is 1.45 bits per heavy atom. The molecule has 1 heteroatoms. The van der Waals surface area contributed by atoms with E-state index >= 15 is 0 Å². The van der Waals surface area contributed by atoms with Crippen molar-refractivity contribution in [3.8, 4) is 0 Å². The Kier molecular flexibility index (Phi) is 2.72. The van der Waals surface area contributed by atoms with Crippen molar-refractivity contribution in [3.05, 3.63) is 47.6 Å². The standard InChI is InChI=1S/C21H27N/c1-2-4-9-18-17(8-3-1)14-20(11-5-6-12-20)22-21-13-7-10-19(18,15-21)16-21/h1-4,8-9,22H,5-7,10-16H2/b2-1?,3-1-,4-2-,8-3?,9-4?,17-8-,18-9+,18-17?. The Hall–Kier alpha value is -1.08. The lowest BCUT2D eigenvalue weighted by Crippen LogP contribution is -2.70. The molecule has 0 aromatic heterocycles. The number of rotatable bonds is 0. The van der Waals surface area contributed by atoms with Crippen LogP contribution >= 0.6 is 0 Å². The summed E-state index contributed by atoms with van der Waals surface area (Å²) in [5.74, 6) is 0. The minimum absolute atomic E-state index is 0.394. The van der Waals surface area contributed by atoms with Gasteiger partial charge in [-0.2, -0.15) is 0 Å². The monoisotopic (exact) mass is 293 g/mol. The van der Waals surface area contributed by atoms with Crippen molar-refractivity contribution < 1.29 is 0 Å². The molecule has 5 aliphatic carbocycles. The van der Waals surface area contributed by atoms with Crippen molar-refractivity contribution in [1.29, 1.82) is 0 Å². The molecule has 7 rings (SSSR count). The summed E-state index contributed by atoms with van der Waals surface area (Å²) in [5.41, 5.74) is 4.69. The van der Waals surface area contributed by atoms with Crippen molar-refractivity contribution in [2.24, 2.45) is 5.41 Å². The van der Waals surface area contributed by atoms with Crippen LogP contribution in [0.15, 0.2) is 47.6 Å². The average Bonchev–Trinajstić information content (AvgIpc) is 2.89. The van der Waals surface area contributed by atoms with Gasteiger partial charge in [-0.05, 0) is 61.5 Å². The Balaban J connectivity index is 1.63. The van der Waals surface area contributed by atoms with Gasteiger partial charge >= 0.3 is 0 Å². The summed E-state index contributed by atoms with van der Waals surface area (Å²) in [5, 5.41) is 4.26. The first kappa shape index (κ1) is 13.4. The molecule has 0 radical (unpaired) electrons. The molecule has 1 spiro atoms. The largest absolute Gasteiger partial charge is 0.305 e. The van der Waals surface area contributed by atoms with Gasteiger partial charge in [-0.15, -0.1) is 0 Å². The minimum atomic E-state index is 0.394. The van der Waals surface area contributed by atoms with Gasteiger partial charge in [0, 0.05) is 11.1 Å². The van der Waals surface area contributed by atoms with Crippen LogP contribution < -0.4 is 5.32 Å². The maximum absolute atomic E-state index is 4.26. The highest BCUT2D eigenvalue weighted by atomic mass is 15.1. The first-order valence-electron chi connectivity index (χ1n) is 9.28. The number of allylic oxidation sites excluding steroid dienone is 7. The number of nitrogens with one attached hydrogen (secondary N) is 1. The van der Waals surface area contributed by atoms with Gasteiger partial charge in [0.05, 0.1) is 0 Å². The topological polar surface area (TPSA) is 12.0 Å². The molecule has 0 unspecified atom stereocenters. The molecule has 1 nitrogen and oxygen atoms in total. The zero-order chi connectivity index (χ0) is 14.7. The van der Waals surface area contributed by atoms with Gasteiger partial charge < -0.3 is 5.32 Å². The Morgan fingerprint density at radius 3 is 2.27 bits per heavy atom. The lowest BCUT2D eigenvalue weighted by Gasteiger charge is -2.66. The van der Waals surface area contributed by atoms with Crippen molar-refractivity contribution in [3.63, 3.8) is 0 Å². The second-order valence-corrected chi connectivity index (χ2v) is 8.60. The zero-order valence-electron chi connectivity index (χ0n) is 13.5. The maximum atomic E-state index is 4.26. The van der Waals surface area contributed by atoms with Gasteiger partial charge in [0.2, 0.25) is 0 Å². The maximum Gasteiger partial charge on any atom is 0.0227 e. The molecule has 0 aromatic carbocycles. The molecule has 7 aliphatic rings. The molecule has 0 amide bonds. The Morgan fingerprint density at radius 1 is 0.727 bits per heavy atom. The lowest BCUT2D eigenvalue weighted by atomic mass is 9.44. The van der Waals surface area contributed by atoms with Gasteiger partial charge in [0.15, 0.2) is 0 Å². The molecule has 0 aromatic rings. The highest BCUT2D eigenvalue weighted by Gasteiger charge is 2.62. The van der Waals surface area contributed by atoms with E-state index in [2.05, 4.69) is 41.8 Å². The summed E-state index contributed by atoms with van der Waals surface area (Å²) < 4.78 is 0. The van der Waals surface area contributed by atoms with E-state index in [1.54, 1.807) is 11.1 Å². The molecule has 2 saturated heterocycles. The second kappa shape index (κ2) is 4.47. The third-order valence-corrected chi connectivity index (χ3v) is 7.09. The lowest BCUT2D eigenvalue weighted by molar-refractivity contribution is -0.0513. The van der Waals surface area contributed by atoms with E-state index in [-0.39, 0.29) is 0 Å². The number of hydrogen-bond donors (Lipinski definition) is 1. The Labute approximate surface area is 134 Å². The van der Waals surface area contributed by atoms with Crippen LogP contribution in [-0.4, -0.2) is 11.1 Å². The fourth-order valence-corrected chi connectivity index (χ4v) is 6.48. The summed E-state index contributed by atoms with van der Waals surface area (Å²) in [6.45, 7) is 0. The van der Waals surface area contributed by atoms with Crippen molar-refractivity contribution >= 4 is 0 Å². The molecule has 6 fully saturated rings. The molecule has 116 valence electrons. The first-order valence-corrected chi connectivity index (χ1v) is 9.28. The zero-order valence-corrected chi connectivity index (χ0v) is 13.5. The smallest absolute Gasteiger partial charge is 0.0227 e. The van der Waals surface area contributed by atoms with E-state index in [4.69, 9.17) is 0 Å². The van der Waals surface area contributed by atoms with E-state index in [1.165, 1.54) is 64.2 Å². The molecule has 2 bridgehead atoms. The molecule has 22 heavy (non-hydrogen) atoms. The summed E-state index contributed by atoms with van der Waals surface area (Å²) in [7, 11) is 0. The van der Waals surface area contributed by atoms with E-state index in [9.17, 15) is 0 Å². The predicted octanol–water partition coefficient (Wildman–Crippen LogP) is 4.97. The van der Waals surface area contributed by atoms with Gasteiger partial charge in [-0.25, -0.2) is 0 Å². The van der Waals surface area contributed by atoms with E-state index < -0.39 is 0 Å². The number of fused-ring (bicyclic) bond motifs is 2. The van der Waals surface area contributed by atoms with Crippen LogP contribution in [0.2, 0.25) is 0 Å². The SMILES string of the molecule is C1=C\C=C2\CC3(CCCC3)NC34CCCC(C3)(C4)\C2=C\C=C/1. The van der Waals surface area contributed by atoms with Gasteiger partial charge in [0.25, 0.3) is 0 Å². The second-order valence-electron chi connectivity index (χ2n) is 8.60. The molecular formula is C21H27N. The molecule has 0 atom stereocenters. The van der Waals surface area contributed by atoms with Crippen molar-refractivity contribution in [2.45, 2.75) is 75.3 Å². The van der Waals surface area contributed by atoms with Gasteiger partial charge in [0.1, 0.15) is 0 Å². The molecule has 2 aliphatic heterocycles. The van der Waals surface area contributed by atoms with Crippen LogP contribution in [0.25, 0.3) is 0 Å². The summed E-state index contributed by atoms with van der Waals surface area (Å²) in [6, 6.07) is 0. The third-order valence-electron chi connectivity index (χ3n) is 7.09. The fourth-order valence-electron chi connectivity index (χ4n) is 6.48. The fraction of sp³-hybridized carbons (Fsp3) is 0.619. The van der Waals surface area contributed by atoms with Crippen molar-refractivity contribution in [2.75, 3.05) is 0 Å². The normalized spacial score (nSPS) is 49.1.